The van der Waals surface area contributed by atoms with E-state index >= 15 is 0 Å². The van der Waals surface area contributed by atoms with Crippen molar-refractivity contribution in [2.24, 2.45) is 12.8 Å². The molecular formula is C8H15N5O. The van der Waals surface area contributed by atoms with Gasteiger partial charge in [0.15, 0.2) is 0 Å². The van der Waals surface area contributed by atoms with Crippen LogP contribution in [0.4, 0.5) is 0 Å². The van der Waals surface area contributed by atoms with Crippen LogP contribution in [0.5, 0.6) is 0 Å². The SMILES string of the molecule is Cn1cnnc1CCNCCC(N)=O. The summed E-state index contributed by atoms with van der Waals surface area (Å²) in [6.07, 6.45) is 2.84. The van der Waals surface area contributed by atoms with E-state index in [0.717, 1.165) is 18.8 Å². The van der Waals surface area contributed by atoms with Crippen molar-refractivity contribution in [1.29, 1.82) is 0 Å². The van der Waals surface area contributed by atoms with Crippen LogP contribution in [0.15, 0.2) is 6.33 Å². The van der Waals surface area contributed by atoms with Gasteiger partial charge in [0.1, 0.15) is 12.2 Å². The molecule has 6 heteroatoms. The molecule has 0 aliphatic rings. The highest BCUT2D eigenvalue weighted by Crippen LogP contribution is 1.90. The lowest BCUT2D eigenvalue weighted by molar-refractivity contribution is -0.117. The number of primary amides is 1. The first-order valence-electron chi connectivity index (χ1n) is 4.52. The Bertz CT molecular complexity index is 296. The summed E-state index contributed by atoms with van der Waals surface area (Å²) in [5, 5.41) is 10.8. The van der Waals surface area contributed by atoms with Gasteiger partial charge in [0.25, 0.3) is 0 Å². The van der Waals surface area contributed by atoms with Gasteiger partial charge in [-0.15, -0.1) is 10.2 Å². The Morgan fingerprint density at radius 2 is 2.43 bits per heavy atom. The summed E-state index contributed by atoms with van der Waals surface area (Å²) in [6.45, 7) is 1.40. The van der Waals surface area contributed by atoms with Crippen LogP contribution in [0.25, 0.3) is 0 Å². The third-order valence-corrected chi connectivity index (χ3v) is 1.88. The van der Waals surface area contributed by atoms with E-state index in [9.17, 15) is 4.79 Å². The summed E-state index contributed by atoms with van der Waals surface area (Å²) in [4.78, 5) is 10.4. The first kappa shape index (κ1) is 10.6. The van der Waals surface area contributed by atoms with Crippen LogP contribution in [-0.4, -0.2) is 33.8 Å². The highest BCUT2D eigenvalue weighted by atomic mass is 16.1. The summed E-state index contributed by atoms with van der Waals surface area (Å²) in [5.41, 5.74) is 4.99. The lowest BCUT2D eigenvalue weighted by atomic mass is 10.3. The van der Waals surface area contributed by atoms with Crippen LogP contribution >= 0.6 is 0 Å². The first-order chi connectivity index (χ1) is 6.70. The van der Waals surface area contributed by atoms with E-state index in [4.69, 9.17) is 5.73 Å². The van der Waals surface area contributed by atoms with Crippen LogP contribution in [0.1, 0.15) is 12.2 Å². The summed E-state index contributed by atoms with van der Waals surface area (Å²) in [5.74, 6) is 0.646. The maximum atomic E-state index is 10.4. The normalized spacial score (nSPS) is 10.4. The number of rotatable bonds is 6. The number of hydrogen-bond donors (Lipinski definition) is 2. The molecule has 0 saturated heterocycles. The quantitative estimate of drug-likeness (QED) is 0.562. The molecule has 3 N–H and O–H groups in total. The number of nitrogens with one attached hydrogen (secondary N) is 1. The van der Waals surface area contributed by atoms with E-state index in [-0.39, 0.29) is 5.91 Å². The van der Waals surface area contributed by atoms with Crippen LogP contribution in [0.3, 0.4) is 0 Å². The molecule has 0 saturated carbocycles. The minimum Gasteiger partial charge on any atom is -0.370 e. The number of aryl methyl sites for hydroxylation is 1. The van der Waals surface area contributed by atoms with Crippen molar-refractivity contribution in [2.45, 2.75) is 12.8 Å². The van der Waals surface area contributed by atoms with Crippen molar-refractivity contribution < 1.29 is 4.79 Å². The zero-order valence-electron chi connectivity index (χ0n) is 8.23. The zero-order valence-corrected chi connectivity index (χ0v) is 8.23. The number of amides is 1. The van der Waals surface area contributed by atoms with Crippen molar-refractivity contribution in [1.82, 2.24) is 20.1 Å². The van der Waals surface area contributed by atoms with Crippen LogP contribution in [-0.2, 0) is 18.3 Å². The molecule has 0 aliphatic carbocycles. The highest BCUT2D eigenvalue weighted by Gasteiger charge is 1.99. The Morgan fingerprint density at radius 1 is 1.64 bits per heavy atom. The summed E-state index contributed by atoms with van der Waals surface area (Å²) in [7, 11) is 1.90. The fraction of sp³-hybridized carbons (Fsp3) is 0.625. The molecule has 1 heterocycles. The smallest absolute Gasteiger partial charge is 0.218 e. The Hall–Kier alpha value is -1.43. The fourth-order valence-electron chi connectivity index (χ4n) is 1.07. The van der Waals surface area contributed by atoms with Gasteiger partial charge in [-0.1, -0.05) is 0 Å². The molecule has 1 aromatic rings. The van der Waals surface area contributed by atoms with Crippen LogP contribution in [0.2, 0.25) is 0 Å². The second-order valence-electron chi connectivity index (χ2n) is 3.07. The van der Waals surface area contributed by atoms with Gasteiger partial charge >= 0.3 is 0 Å². The van der Waals surface area contributed by atoms with Crippen LogP contribution in [0, 0.1) is 0 Å². The molecular weight excluding hydrogens is 182 g/mol. The minimum absolute atomic E-state index is 0.281. The predicted octanol–water partition coefficient (Wildman–Crippen LogP) is -1.18. The molecule has 0 unspecified atom stereocenters. The lowest BCUT2D eigenvalue weighted by Gasteiger charge is -2.02. The Balaban J connectivity index is 2.10. The van der Waals surface area contributed by atoms with Gasteiger partial charge in [-0.25, -0.2) is 0 Å². The van der Waals surface area contributed by atoms with Crippen molar-refractivity contribution in [3.05, 3.63) is 12.2 Å². The molecule has 0 aliphatic heterocycles. The molecule has 1 aromatic heterocycles. The number of aromatic nitrogens is 3. The van der Waals surface area contributed by atoms with Crippen molar-refractivity contribution >= 4 is 5.91 Å². The van der Waals surface area contributed by atoms with E-state index in [0.29, 0.717) is 13.0 Å². The molecule has 0 bridgehead atoms. The third-order valence-electron chi connectivity index (χ3n) is 1.88. The maximum absolute atomic E-state index is 10.4. The molecule has 0 radical (unpaired) electrons. The number of hydrogen-bond acceptors (Lipinski definition) is 4. The third kappa shape index (κ3) is 3.53. The topological polar surface area (TPSA) is 85.8 Å². The number of nitrogens with two attached hydrogens (primary N) is 1. The van der Waals surface area contributed by atoms with Gasteiger partial charge in [-0.2, -0.15) is 0 Å². The standard InChI is InChI=1S/C8H15N5O/c1-13-6-11-12-8(13)3-5-10-4-2-7(9)14/h6,10H,2-5H2,1H3,(H2,9,14). The first-order valence-corrected chi connectivity index (χ1v) is 4.52. The van der Waals surface area contributed by atoms with Crippen molar-refractivity contribution in [3.63, 3.8) is 0 Å². The van der Waals surface area contributed by atoms with E-state index in [1.54, 1.807) is 6.33 Å². The second-order valence-corrected chi connectivity index (χ2v) is 3.07. The fourth-order valence-corrected chi connectivity index (χ4v) is 1.07. The van der Waals surface area contributed by atoms with E-state index in [1.165, 1.54) is 0 Å². The summed E-state index contributed by atoms with van der Waals surface area (Å²) in [6, 6.07) is 0. The van der Waals surface area contributed by atoms with E-state index in [2.05, 4.69) is 15.5 Å². The number of carbonyl (C=O) groups is 1. The summed E-state index contributed by atoms with van der Waals surface area (Å²) < 4.78 is 1.87. The largest absolute Gasteiger partial charge is 0.370 e. The molecule has 1 rings (SSSR count). The zero-order chi connectivity index (χ0) is 10.4. The van der Waals surface area contributed by atoms with Crippen molar-refractivity contribution in [3.8, 4) is 0 Å². The van der Waals surface area contributed by atoms with E-state index in [1.807, 2.05) is 11.6 Å². The predicted molar refractivity (Wildman–Crippen MR) is 51.4 cm³/mol. The molecule has 1 amide bonds. The number of carbonyl (C=O) groups excluding carboxylic acids is 1. The number of nitrogens with zero attached hydrogens (tertiary/aromatic N) is 3. The van der Waals surface area contributed by atoms with Gasteiger partial charge in [-0.05, 0) is 0 Å². The molecule has 0 atom stereocenters. The molecule has 0 fully saturated rings. The maximum Gasteiger partial charge on any atom is 0.218 e. The van der Waals surface area contributed by atoms with Gasteiger partial charge in [0, 0.05) is 33.0 Å². The average Bonchev–Trinajstić information content (AvgIpc) is 2.51. The Morgan fingerprint density at radius 3 is 3.00 bits per heavy atom. The lowest BCUT2D eigenvalue weighted by Crippen LogP contribution is -2.24. The van der Waals surface area contributed by atoms with Gasteiger partial charge in [0.05, 0.1) is 0 Å². The van der Waals surface area contributed by atoms with Gasteiger partial charge < -0.3 is 15.6 Å². The van der Waals surface area contributed by atoms with Crippen molar-refractivity contribution in [2.75, 3.05) is 13.1 Å². The molecule has 78 valence electrons. The molecule has 6 nitrogen and oxygen atoms in total. The van der Waals surface area contributed by atoms with Gasteiger partial charge in [0.2, 0.25) is 5.91 Å². The molecule has 0 aromatic carbocycles. The van der Waals surface area contributed by atoms with Gasteiger partial charge in [-0.3, -0.25) is 4.79 Å². The van der Waals surface area contributed by atoms with E-state index < -0.39 is 0 Å². The Labute approximate surface area is 82.5 Å². The molecule has 14 heavy (non-hydrogen) atoms. The average molecular weight is 197 g/mol. The second kappa shape index (κ2) is 5.33. The minimum atomic E-state index is -0.281. The summed E-state index contributed by atoms with van der Waals surface area (Å²) >= 11 is 0. The molecule has 0 spiro atoms. The highest BCUT2D eigenvalue weighted by molar-refractivity contribution is 5.73. The Kier molecular flexibility index (Phi) is 4.06. The monoisotopic (exact) mass is 197 g/mol. The van der Waals surface area contributed by atoms with Crippen LogP contribution < -0.4 is 11.1 Å².